The number of aliphatic carboxylic acids is 1. The second-order valence-electron chi connectivity index (χ2n) is 10.6. The van der Waals surface area contributed by atoms with Gasteiger partial charge in [0, 0.05) is 7.11 Å². The molecule has 0 spiro atoms. The number of carboxylic acid groups (broad SMARTS) is 1. The molecule has 0 aliphatic heterocycles. The first-order valence-corrected chi connectivity index (χ1v) is 11.8. The third-order valence-corrected chi connectivity index (χ3v) is 8.75. The van der Waals surface area contributed by atoms with E-state index in [1.54, 1.807) is 0 Å². The van der Waals surface area contributed by atoms with Crippen molar-refractivity contribution in [1.29, 1.82) is 0 Å². The molecule has 6 heteroatoms. The number of aryl methyl sites for hydroxylation is 1. The lowest BCUT2D eigenvalue weighted by Crippen LogP contribution is -2.52. The first-order valence-electron chi connectivity index (χ1n) is 11.8. The van der Waals surface area contributed by atoms with E-state index in [2.05, 4.69) is 27.7 Å². The second kappa shape index (κ2) is 9.14. The molecule has 0 radical (unpaired) electrons. The molecule has 6 nitrogen and oxygen atoms in total. The van der Waals surface area contributed by atoms with Gasteiger partial charge in [0.05, 0.1) is 6.42 Å². The van der Waals surface area contributed by atoms with Crippen molar-refractivity contribution in [2.45, 2.75) is 84.1 Å². The van der Waals surface area contributed by atoms with Crippen molar-refractivity contribution in [3.05, 3.63) is 28.8 Å². The molecule has 4 N–H and O–H groups in total. The summed E-state index contributed by atoms with van der Waals surface area (Å²) in [6, 6.07) is 2.78. The zero-order valence-corrected chi connectivity index (χ0v) is 20.1. The fraction of sp³-hybridized carbons (Fsp3) is 0.692. The lowest BCUT2D eigenvalue weighted by Gasteiger charge is -2.58. The molecule has 1 aromatic rings. The summed E-state index contributed by atoms with van der Waals surface area (Å²) in [4.78, 5) is 23.1. The van der Waals surface area contributed by atoms with E-state index in [4.69, 9.17) is 20.7 Å². The number of ether oxygens (including phenoxy) is 1. The number of aliphatic hydroxyl groups excluding tert-OH is 1. The average molecular weight is 446 g/mol. The van der Waals surface area contributed by atoms with Gasteiger partial charge in [0.25, 0.3) is 0 Å². The lowest BCUT2D eigenvalue weighted by atomic mass is 9.46. The zero-order valence-electron chi connectivity index (χ0n) is 20.1. The Morgan fingerprint density at radius 3 is 2.56 bits per heavy atom. The Labute approximate surface area is 191 Å². The van der Waals surface area contributed by atoms with E-state index in [0.717, 1.165) is 30.9 Å². The number of fused-ring (bicyclic) bond motifs is 5. The Morgan fingerprint density at radius 1 is 1.22 bits per heavy atom. The highest BCUT2D eigenvalue weighted by Gasteiger charge is 2.59. The minimum absolute atomic E-state index is 0.171. The van der Waals surface area contributed by atoms with Crippen LogP contribution in [0.15, 0.2) is 12.1 Å². The van der Waals surface area contributed by atoms with Crippen molar-refractivity contribution in [2.75, 3.05) is 7.11 Å². The van der Waals surface area contributed by atoms with Gasteiger partial charge >= 0.3 is 11.9 Å². The van der Waals surface area contributed by atoms with E-state index in [1.165, 1.54) is 43.2 Å². The molecule has 178 valence electrons. The molecule has 1 aromatic carbocycles. The van der Waals surface area contributed by atoms with Crippen LogP contribution in [-0.2, 0) is 21.4 Å². The van der Waals surface area contributed by atoms with E-state index in [9.17, 15) is 9.59 Å². The normalized spacial score (nSPS) is 33.7. The minimum Gasteiger partial charge on any atom is -0.481 e. The van der Waals surface area contributed by atoms with Crippen molar-refractivity contribution in [1.82, 2.24) is 0 Å². The third kappa shape index (κ3) is 4.08. The quantitative estimate of drug-likeness (QED) is 0.478. The second-order valence-corrected chi connectivity index (χ2v) is 10.6. The van der Waals surface area contributed by atoms with Gasteiger partial charge in [-0.05, 0) is 90.0 Å². The molecule has 6 unspecified atom stereocenters. The zero-order chi connectivity index (χ0) is 23.8. The van der Waals surface area contributed by atoms with E-state index >= 15 is 0 Å². The van der Waals surface area contributed by atoms with Gasteiger partial charge < -0.3 is 20.7 Å². The molecule has 0 bridgehead atoms. The molecule has 6 atom stereocenters. The summed E-state index contributed by atoms with van der Waals surface area (Å²) in [5, 5.41) is 15.9. The monoisotopic (exact) mass is 445 g/mol. The molecule has 4 rings (SSSR count). The number of hydrogen-bond donors (Lipinski definition) is 3. The summed E-state index contributed by atoms with van der Waals surface area (Å²) in [6.07, 6.45) is 7.09. The largest absolute Gasteiger partial charge is 0.481 e. The molecule has 0 aromatic heterocycles. The summed E-state index contributed by atoms with van der Waals surface area (Å²) in [5.74, 6) is 0.895. The van der Waals surface area contributed by atoms with E-state index in [0.29, 0.717) is 17.1 Å². The highest BCUT2D eigenvalue weighted by atomic mass is 16.5. The molecule has 0 heterocycles. The van der Waals surface area contributed by atoms with Gasteiger partial charge in [-0.1, -0.05) is 33.6 Å². The van der Waals surface area contributed by atoms with Gasteiger partial charge in [0.15, 0.2) is 0 Å². The number of nitrogens with two attached hydrogens (primary N) is 1. The predicted molar refractivity (Wildman–Crippen MR) is 124 cm³/mol. The highest BCUT2D eigenvalue weighted by molar-refractivity contribution is 5.83. The Balaban J connectivity index is 0.00000141. The van der Waals surface area contributed by atoms with Crippen LogP contribution >= 0.6 is 0 Å². The van der Waals surface area contributed by atoms with Crippen molar-refractivity contribution >= 4 is 11.9 Å². The van der Waals surface area contributed by atoms with Crippen molar-refractivity contribution in [3.8, 4) is 5.75 Å². The van der Waals surface area contributed by atoms with E-state index in [-0.39, 0.29) is 5.41 Å². The molecular weight excluding hydrogens is 406 g/mol. The Morgan fingerprint density at radius 2 is 1.91 bits per heavy atom. The molecule has 2 saturated carbocycles. The number of hydrogen-bond acceptors (Lipinski definition) is 5. The Hall–Kier alpha value is -1.92. The number of carbonyl (C=O) groups is 2. The Bertz CT molecular complexity index is 883. The Kier molecular flexibility index (Phi) is 7.06. The number of benzene rings is 1. The first-order chi connectivity index (χ1) is 15.1. The maximum absolute atomic E-state index is 12.2. The van der Waals surface area contributed by atoms with Gasteiger partial charge in [-0.2, -0.15) is 0 Å². The van der Waals surface area contributed by atoms with Crippen LogP contribution in [0.25, 0.3) is 0 Å². The topological polar surface area (TPSA) is 110 Å². The van der Waals surface area contributed by atoms with Crippen LogP contribution in [0, 0.1) is 30.1 Å². The lowest BCUT2D eigenvalue weighted by molar-refractivity contribution is -0.143. The van der Waals surface area contributed by atoms with Crippen LogP contribution < -0.4 is 10.5 Å². The van der Waals surface area contributed by atoms with Crippen LogP contribution in [0.4, 0.5) is 0 Å². The predicted octanol–water partition coefficient (Wildman–Crippen LogP) is 3.98. The first kappa shape index (κ1) is 24.7. The third-order valence-electron chi connectivity index (χ3n) is 8.75. The maximum Gasteiger partial charge on any atom is 0.328 e. The standard InChI is InChI=1S/C25H35NO4.CH4O/c1-14-6-5-8-24(3)18(14)7-9-25(4)20(24)12-16-11-17(10-15(2)22(16)25)30-23(29)19(26)13-21(27)28;1-2/h10-11,14,18-20H,5-9,12-13,26H2,1-4H3,(H,27,28);2H,1H3. The fourth-order valence-electron chi connectivity index (χ4n) is 7.55. The van der Waals surface area contributed by atoms with Crippen LogP contribution in [-0.4, -0.2) is 35.3 Å². The van der Waals surface area contributed by atoms with Crippen molar-refractivity contribution in [3.63, 3.8) is 0 Å². The highest BCUT2D eigenvalue weighted by Crippen LogP contribution is 2.65. The number of carbonyl (C=O) groups excluding carboxylic acids is 1. The molecular formula is C26H39NO5. The summed E-state index contributed by atoms with van der Waals surface area (Å²) >= 11 is 0. The van der Waals surface area contributed by atoms with Crippen molar-refractivity contribution in [2.24, 2.45) is 28.9 Å². The molecule has 3 aliphatic rings. The van der Waals surface area contributed by atoms with Crippen LogP contribution in [0.2, 0.25) is 0 Å². The van der Waals surface area contributed by atoms with Crippen molar-refractivity contribution < 1.29 is 24.5 Å². The fourth-order valence-corrected chi connectivity index (χ4v) is 7.55. The average Bonchev–Trinajstić information content (AvgIpc) is 3.03. The molecule has 0 amide bonds. The summed E-state index contributed by atoms with van der Waals surface area (Å²) < 4.78 is 5.49. The summed E-state index contributed by atoms with van der Waals surface area (Å²) in [5.41, 5.74) is 10.1. The SMILES string of the molecule is CO.Cc1cc(OC(=O)C(N)CC(=O)O)cc2c1C1(C)CCC3C(C)CCCC3(C)C1C2. The van der Waals surface area contributed by atoms with E-state index < -0.39 is 24.4 Å². The number of rotatable bonds is 4. The van der Waals surface area contributed by atoms with Crippen LogP contribution in [0.5, 0.6) is 5.75 Å². The minimum atomic E-state index is -1.15. The van der Waals surface area contributed by atoms with Gasteiger partial charge in [-0.3, -0.25) is 4.79 Å². The van der Waals surface area contributed by atoms with Gasteiger partial charge in [0.2, 0.25) is 0 Å². The maximum atomic E-state index is 12.2. The molecule has 2 fully saturated rings. The van der Waals surface area contributed by atoms with Gasteiger partial charge in [-0.25, -0.2) is 4.79 Å². The number of carboxylic acids is 1. The number of aliphatic hydroxyl groups is 1. The van der Waals surface area contributed by atoms with E-state index in [1.807, 2.05) is 12.1 Å². The smallest absolute Gasteiger partial charge is 0.328 e. The summed E-state index contributed by atoms with van der Waals surface area (Å²) in [7, 11) is 1.00. The van der Waals surface area contributed by atoms with Gasteiger partial charge in [-0.15, -0.1) is 0 Å². The summed E-state index contributed by atoms with van der Waals surface area (Å²) in [6.45, 7) is 9.53. The number of esters is 1. The molecule has 3 aliphatic carbocycles. The molecule has 32 heavy (non-hydrogen) atoms. The van der Waals surface area contributed by atoms with Crippen LogP contribution in [0.3, 0.4) is 0 Å². The van der Waals surface area contributed by atoms with Gasteiger partial charge in [0.1, 0.15) is 11.8 Å². The van der Waals surface area contributed by atoms with Crippen LogP contribution in [0.1, 0.15) is 76.0 Å². The molecule has 0 saturated heterocycles.